The number of halogens is 1. The normalized spacial score (nSPS) is 23.9. The highest BCUT2D eigenvalue weighted by Gasteiger charge is 2.35. The quantitative estimate of drug-likeness (QED) is 0.639. The predicted octanol–water partition coefficient (Wildman–Crippen LogP) is 1.06. The summed E-state index contributed by atoms with van der Waals surface area (Å²) in [6.07, 6.45) is -0.924. The summed E-state index contributed by atoms with van der Waals surface area (Å²) in [5.41, 5.74) is 1.92. The Bertz CT molecular complexity index is 769. The number of hydrogen-bond acceptors (Lipinski definition) is 5. The summed E-state index contributed by atoms with van der Waals surface area (Å²) in [4.78, 5) is 28.2. The van der Waals surface area contributed by atoms with Crippen molar-refractivity contribution in [2.75, 3.05) is 37.6 Å². The van der Waals surface area contributed by atoms with Crippen LogP contribution in [0.25, 0.3) is 0 Å². The number of anilines is 1. The molecule has 0 radical (unpaired) electrons. The molecule has 3 N–H and O–H groups in total. The molecule has 0 spiro atoms. The van der Waals surface area contributed by atoms with E-state index in [-0.39, 0.29) is 17.7 Å². The fraction of sp³-hybridized carbons (Fsp3) is 0.636. The molecule has 1 aromatic carbocycles. The number of aryl methyl sites for hydroxylation is 1. The van der Waals surface area contributed by atoms with Crippen molar-refractivity contribution in [2.45, 2.75) is 45.3 Å². The molecule has 2 aliphatic heterocycles. The highest BCUT2D eigenvalue weighted by molar-refractivity contribution is 5.90. The van der Waals surface area contributed by atoms with Crippen molar-refractivity contribution in [1.29, 1.82) is 0 Å². The highest BCUT2D eigenvalue weighted by Crippen LogP contribution is 2.29. The maximum atomic E-state index is 13.4. The number of aliphatic hydroxyl groups is 2. The Morgan fingerprint density at radius 3 is 2.53 bits per heavy atom. The van der Waals surface area contributed by atoms with Gasteiger partial charge < -0.3 is 25.3 Å². The lowest BCUT2D eigenvalue weighted by atomic mass is 9.86. The van der Waals surface area contributed by atoms with Gasteiger partial charge in [0.1, 0.15) is 5.82 Å². The third-order valence-electron chi connectivity index (χ3n) is 6.36. The number of likely N-dealkylation sites (tertiary alicyclic amines) is 1. The second-order valence-corrected chi connectivity index (χ2v) is 8.57. The molecule has 2 aliphatic rings. The van der Waals surface area contributed by atoms with Crippen LogP contribution in [0.2, 0.25) is 0 Å². The maximum Gasteiger partial charge on any atom is 0.254 e. The van der Waals surface area contributed by atoms with Crippen molar-refractivity contribution < 1.29 is 24.2 Å². The number of nitrogens with zero attached hydrogens (tertiary/aromatic N) is 2. The molecule has 2 saturated heterocycles. The molecule has 30 heavy (non-hydrogen) atoms. The van der Waals surface area contributed by atoms with Crippen LogP contribution in [0, 0.1) is 24.6 Å². The lowest BCUT2D eigenvalue weighted by Gasteiger charge is -2.39. The van der Waals surface area contributed by atoms with Gasteiger partial charge in [-0.2, -0.15) is 0 Å². The van der Waals surface area contributed by atoms with Crippen LogP contribution in [0.1, 0.15) is 31.7 Å². The van der Waals surface area contributed by atoms with Crippen LogP contribution in [-0.2, 0) is 9.59 Å². The van der Waals surface area contributed by atoms with Crippen LogP contribution in [0.15, 0.2) is 18.2 Å². The minimum atomic E-state index is -1.77. The second-order valence-electron chi connectivity index (χ2n) is 8.57. The average molecular weight is 422 g/mol. The number of aliphatic hydroxyl groups excluding tert-OH is 2. The van der Waals surface area contributed by atoms with Gasteiger partial charge in [0, 0.05) is 38.4 Å². The van der Waals surface area contributed by atoms with Crippen molar-refractivity contribution in [2.24, 2.45) is 11.8 Å². The Kier molecular flexibility index (Phi) is 7.31. The first-order valence-electron chi connectivity index (χ1n) is 10.7. The Hall–Kier alpha value is -2.19. The minimum Gasteiger partial charge on any atom is -0.380 e. The molecule has 8 heteroatoms. The van der Waals surface area contributed by atoms with Crippen LogP contribution >= 0.6 is 0 Å². The predicted molar refractivity (Wildman–Crippen MR) is 111 cm³/mol. The third kappa shape index (κ3) is 5.10. The summed E-state index contributed by atoms with van der Waals surface area (Å²) < 4.78 is 13.4. The van der Waals surface area contributed by atoms with Crippen LogP contribution in [0.4, 0.5) is 10.1 Å². The van der Waals surface area contributed by atoms with Crippen molar-refractivity contribution in [3.63, 3.8) is 0 Å². The van der Waals surface area contributed by atoms with Gasteiger partial charge in [-0.05, 0) is 61.8 Å². The van der Waals surface area contributed by atoms with E-state index in [1.165, 1.54) is 17.0 Å². The van der Waals surface area contributed by atoms with Gasteiger partial charge >= 0.3 is 0 Å². The van der Waals surface area contributed by atoms with Crippen molar-refractivity contribution in [3.05, 3.63) is 29.6 Å². The lowest BCUT2D eigenvalue weighted by Crippen LogP contribution is -2.51. The van der Waals surface area contributed by atoms with E-state index >= 15 is 0 Å². The van der Waals surface area contributed by atoms with Crippen molar-refractivity contribution in [1.82, 2.24) is 10.2 Å². The summed E-state index contributed by atoms with van der Waals surface area (Å²) in [5, 5.41) is 22.9. The van der Waals surface area contributed by atoms with E-state index in [2.05, 4.69) is 17.1 Å². The Labute approximate surface area is 176 Å². The van der Waals surface area contributed by atoms with Crippen molar-refractivity contribution >= 4 is 17.5 Å². The first-order chi connectivity index (χ1) is 14.3. The molecule has 0 aromatic heterocycles. The molecule has 2 fully saturated rings. The summed E-state index contributed by atoms with van der Waals surface area (Å²) in [6.45, 7) is 7.04. The molecule has 0 saturated carbocycles. The van der Waals surface area contributed by atoms with Gasteiger partial charge in [-0.1, -0.05) is 6.92 Å². The van der Waals surface area contributed by atoms with E-state index in [4.69, 9.17) is 0 Å². The van der Waals surface area contributed by atoms with Gasteiger partial charge in [-0.25, -0.2) is 4.39 Å². The topological polar surface area (TPSA) is 93.1 Å². The Morgan fingerprint density at radius 2 is 1.90 bits per heavy atom. The number of hydrogen-bond donors (Lipinski definition) is 3. The molecule has 2 amide bonds. The number of piperidine rings is 1. The number of amides is 2. The fourth-order valence-electron chi connectivity index (χ4n) is 4.43. The monoisotopic (exact) mass is 421 g/mol. The van der Waals surface area contributed by atoms with Crippen LogP contribution < -0.4 is 10.2 Å². The first kappa shape index (κ1) is 22.5. The molecule has 3 rings (SSSR count). The first-order valence-corrected chi connectivity index (χ1v) is 10.7. The molecule has 4 atom stereocenters. The van der Waals surface area contributed by atoms with E-state index in [0.29, 0.717) is 19.6 Å². The van der Waals surface area contributed by atoms with Gasteiger partial charge in [-0.15, -0.1) is 0 Å². The summed E-state index contributed by atoms with van der Waals surface area (Å²) in [7, 11) is 0. The molecule has 0 bridgehead atoms. The van der Waals surface area contributed by atoms with Gasteiger partial charge in [-0.3, -0.25) is 9.59 Å². The summed E-state index contributed by atoms with van der Waals surface area (Å²) >= 11 is 0. The number of rotatable bonds is 6. The number of benzene rings is 1. The summed E-state index contributed by atoms with van der Waals surface area (Å²) in [5.74, 6) is -1.07. The zero-order chi connectivity index (χ0) is 21.8. The highest BCUT2D eigenvalue weighted by atomic mass is 19.1. The molecule has 7 nitrogen and oxygen atoms in total. The van der Waals surface area contributed by atoms with E-state index < -0.39 is 24.0 Å². The van der Waals surface area contributed by atoms with E-state index in [1.807, 2.05) is 6.92 Å². The molecule has 0 aliphatic carbocycles. The Balaban J connectivity index is 1.48. The maximum absolute atomic E-state index is 13.4. The van der Waals surface area contributed by atoms with E-state index in [1.54, 1.807) is 6.07 Å². The van der Waals surface area contributed by atoms with Gasteiger partial charge in [0.2, 0.25) is 0 Å². The molecule has 1 unspecified atom stereocenters. The molecule has 1 aromatic rings. The van der Waals surface area contributed by atoms with Crippen LogP contribution in [-0.4, -0.2) is 71.9 Å². The van der Waals surface area contributed by atoms with E-state index in [9.17, 15) is 24.2 Å². The number of carbonyl (C=O) groups is 2. The van der Waals surface area contributed by atoms with Gasteiger partial charge in [0.05, 0.1) is 0 Å². The largest absolute Gasteiger partial charge is 0.380 e. The number of nitrogens with one attached hydrogen (secondary N) is 1. The van der Waals surface area contributed by atoms with Gasteiger partial charge in [0.15, 0.2) is 12.2 Å². The molecule has 166 valence electrons. The van der Waals surface area contributed by atoms with Crippen LogP contribution in [0.3, 0.4) is 0 Å². The molecular formula is C22H32FN3O4. The minimum absolute atomic E-state index is 0.213. The molecule has 2 heterocycles. The van der Waals surface area contributed by atoms with Crippen molar-refractivity contribution in [3.8, 4) is 0 Å². The third-order valence-corrected chi connectivity index (χ3v) is 6.36. The van der Waals surface area contributed by atoms with Gasteiger partial charge in [0.25, 0.3) is 11.8 Å². The molecular weight excluding hydrogens is 389 g/mol. The van der Waals surface area contributed by atoms with Crippen LogP contribution in [0.5, 0.6) is 0 Å². The zero-order valence-electron chi connectivity index (χ0n) is 17.7. The lowest BCUT2D eigenvalue weighted by molar-refractivity contribution is -0.152. The standard InChI is InChI=1S/C22H32FN3O4/c1-14-11-17(23)5-6-18(14)26-10-7-16(15(2)13-26)12-24-21(29)19(27)20(28)22(30)25-8-3-4-9-25/h5-6,11,15-16,19-20,27-28H,3-4,7-10,12-13H2,1-2H3,(H,24,29)/t15-,16?,19-,20-/m1/s1. The summed E-state index contributed by atoms with van der Waals surface area (Å²) in [6, 6.07) is 4.80. The second kappa shape index (κ2) is 9.75. The smallest absolute Gasteiger partial charge is 0.254 e. The zero-order valence-corrected chi connectivity index (χ0v) is 17.7. The number of carbonyl (C=O) groups excluding carboxylic acids is 2. The average Bonchev–Trinajstić information content (AvgIpc) is 3.26. The Morgan fingerprint density at radius 1 is 1.20 bits per heavy atom. The fourth-order valence-corrected chi connectivity index (χ4v) is 4.43. The van der Waals surface area contributed by atoms with E-state index in [0.717, 1.165) is 43.6 Å². The SMILES string of the molecule is Cc1cc(F)ccc1N1CCC(CNC(=O)[C@H](O)[C@@H](O)C(=O)N2CCCC2)[C@H](C)C1.